The van der Waals surface area contributed by atoms with Gasteiger partial charge < -0.3 is 15.7 Å². The maximum atomic E-state index is 13.1. The molecule has 182 valence electrons. The van der Waals surface area contributed by atoms with Crippen LogP contribution in [0.1, 0.15) is 43.7 Å². The summed E-state index contributed by atoms with van der Waals surface area (Å²) in [5, 5.41) is 10.3. The van der Waals surface area contributed by atoms with E-state index >= 15 is 0 Å². The Morgan fingerprint density at radius 1 is 1.26 bits per heavy atom. The smallest absolute Gasteiger partial charge is 0.347 e. The number of nitrogens with two attached hydrogens (primary N) is 1. The standard InChI is InChI=1S/C17H18ClN3OS.C7H6N2O2S/c1-9-20-15(16(23-9)10-3-2-4-12(18)5-10)17(22)21-13(8-19)6-11-7-14(11)21;1-4-5(6(10)11)12-7-8-2-3-9(4)7/h2-5,11,13-14H,6-8,19H2,1H3;2-3H,1H3,(H,10,11)/t11-,13+,14+;/m1./s1. The number of aryl methyl sites for hydroxylation is 2. The summed E-state index contributed by atoms with van der Waals surface area (Å²) in [4.78, 5) is 36.3. The zero-order valence-electron chi connectivity index (χ0n) is 19.1. The van der Waals surface area contributed by atoms with Crippen molar-refractivity contribution in [3.05, 3.63) is 63.0 Å². The summed E-state index contributed by atoms with van der Waals surface area (Å²) >= 11 is 8.84. The van der Waals surface area contributed by atoms with Crippen LogP contribution in [0.5, 0.6) is 0 Å². The fourth-order valence-electron chi connectivity index (χ4n) is 4.70. The van der Waals surface area contributed by atoms with Crippen molar-refractivity contribution in [2.75, 3.05) is 6.54 Å². The van der Waals surface area contributed by atoms with E-state index in [-0.39, 0.29) is 11.9 Å². The Balaban J connectivity index is 0.000000178. The third-order valence-electron chi connectivity index (χ3n) is 6.43. The average molecular weight is 530 g/mol. The van der Waals surface area contributed by atoms with Gasteiger partial charge in [-0.25, -0.2) is 14.8 Å². The number of imidazole rings is 1. The zero-order chi connectivity index (χ0) is 24.9. The van der Waals surface area contributed by atoms with Crippen LogP contribution in [0.4, 0.5) is 0 Å². The lowest BCUT2D eigenvalue weighted by Gasteiger charge is -2.26. The summed E-state index contributed by atoms with van der Waals surface area (Å²) in [6.07, 6.45) is 5.55. The van der Waals surface area contributed by atoms with E-state index < -0.39 is 5.97 Å². The van der Waals surface area contributed by atoms with Gasteiger partial charge in [0.1, 0.15) is 10.6 Å². The Labute approximate surface area is 215 Å². The van der Waals surface area contributed by atoms with Crippen LogP contribution >= 0.6 is 34.3 Å². The predicted molar refractivity (Wildman–Crippen MR) is 138 cm³/mol. The third-order valence-corrected chi connectivity index (χ3v) is 8.84. The quantitative estimate of drug-likeness (QED) is 0.395. The van der Waals surface area contributed by atoms with Gasteiger partial charge in [-0.3, -0.25) is 9.20 Å². The topological polar surface area (TPSA) is 114 Å². The minimum absolute atomic E-state index is 0.0183. The van der Waals surface area contributed by atoms with E-state index in [2.05, 4.69) is 9.97 Å². The first-order valence-corrected chi connectivity index (χ1v) is 13.2. The van der Waals surface area contributed by atoms with Crippen LogP contribution < -0.4 is 5.73 Å². The number of amides is 1. The molecule has 3 atom stereocenters. The molecule has 6 rings (SSSR count). The second kappa shape index (κ2) is 9.34. The van der Waals surface area contributed by atoms with E-state index in [1.165, 1.54) is 22.7 Å². The van der Waals surface area contributed by atoms with Crippen molar-refractivity contribution in [2.24, 2.45) is 11.7 Å². The number of benzene rings is 1. The number of nitrogens with zero attached hydrogens (tertiary/aromatic N) is 4. The molecule has 3 aromatic heterocycles. The van der Waals surface area contributed by atoms with Gasteiger partial charge in [0.05, 0.1) is 9.88 Å². The van der Waals surface area contributed by atoms with Gasteiger partial charge in [-0.15, -0.1) is 11.3 Å². The van der Waals surface area contributed by atoms with Crippen LogP contribution in [0.3, 0.4) is 0 Å². The van der Waals surface area contributed by atoms with Crippen molar-refractivity contribution in [3.8, 4) is 10.4 Å². The zero-order valence-corrected chi connectivity index (χ0v) is 21.5. The molecule has 3 N–H and O–H groups in total. The minimum atomic E-state index is -0.886. The van der Waals surface area contributed by atoms with E-state index in [1.807, 2.05) is 36.1 Å². The molecule has 0 radical (unpaired) electrons. The van der Waals surface area contributed by atoms with Gasteiger partial charge in [0.15, 0.2) is 4.96 Å². The van der Waals surface area contributed by atoms with Gasteiger partial charge in [0, 0.05) is 41.7 Å². The van der Waals surface area contributed by atoms with E-state index in [4.69, 9.17) is 22.4 Å². The van der Waals surface area contributed by atoms with Crippen LogP contribution in [0.2, 0.25) is 5.02 Å². The van der Waals surface area contributed by atoms with Gasteiger partial charge in [0.25, 0.3) is 5.91 Å². The van der Waals surface area contributed by atoms with E-state index in [0.29, 0.717) is 34.1 Å². The molecular formula is C24H24ClN5O3S2. The molecule has 0 unspecified atom stereocenters. The van der Waals surface area contributed by atoms with Crippen molar-refractivity contribution in [1.82, 2.24) is 19.3 Å². The highest BCUT2D eigenvalue weighted by atomic mass is 35.5. The molecule has 2 aliphatic rings. The molecule has 35 heavy (non-hydrogen) atoms. The lowest BCUT2D eigenvalue weighted by molar-refractivity contribution is 0.0691. The molecular weight excluding hydrogens is 506 g/mol. The SMILES string of the molecule is Cc1c(C(=O)O)sc2nccn12.Cc1nc(C(=O)N2[C@H](CN)C[C@@H]3C[C@@H]32)c(-c2cccc(Cl)c2)s1. The number of carbonyl (C=O) groups is 2. The second-order valence-corrected chi connectivity index (χ2v) is 11.3. The van der Waals surface area contributed by atoms with E-state index in [9.17, 15) is 9.59 Å². The summed E-state index contributed by atoms with van der Waals surface area (Å²) in [5.41, 5.74) is 8.09. The highest BCUT2D eigenvalue weighted by Crippen LogP contribution is 2.48. The molecule has 4 aromatic rings. The van der Waals surface area contributed by atoms with E-state index in [1.54, 1.807) is 23.7 Å². The lowest BCUT2D eigenvalue weighted by atomic mass is 10.1. The summed E-state index contributed by atoms with van der Waals surface area (Å²) in [6, 6.07) is 8.11. The number of carboxylic acid groups (broad SMARTS) is 1. The molecule has 0 spiro atoms. The predicted octanol–water partition coefficient (Wildman–Crippen LogP) is 4.74. The number of hydrogen-bond donors (Lipinski definition) is 2. The molecule has 1 saturated carbocycles. The number of carboxylic acids is 1. The number of piperidine rings is 1. The van der Waals surface area contributed by atoms with Gasteiger partial charge in [-0.1, -0.05) is 35.1 Å². The molecule has 1 aromatic carbocycles. The Hall–Kier alpha value is -2.79. The highest BCUT2D eigenvalue weighted by Gasteiger charge is 2.54. The number of thiazole rings is 2. The number of fused-ring (bicyclic) bond motifs is 2. The Kier molecular flexibility index (Phi) is 6.39. The fraction of sp³-hybridized carbons (Fsp3) is 0.333. The first kappa shape index (κ1) is 23.9. The summed E-state index contributed by atoms with van der Waals surface area (Å²) in [7, 11) is 0. The molecule has 1 aliphatic carbocycles. The van der Waals surface area contributed by atoms with Crippen LogP contribution in [-0.2, 0) is 0 Å². The number of rotatable bonds is 4. The van der Waals surface area contributed by atoms with Crippen LogP contribution in [0.15, 0.2) is 36.7 Å². The largest absolute Gasteiger partial charge is 0.477 e. The van der Waals surface area contributed by atoms with Crippen molar-refractivity contribution >= 4 is 51.1 Å². The highest BCUT2D eigenvalue weighted by molar-refractivity contribution is 7.19. The second-order valence-electron chi connectivity index (χ2n) is 8.72. The maximum Gasteiger partial charge on any atom is 0.347 e. The van der Waals surface area contributed by atoms with Crippen LogP contribution in [0.25, 0.3) is 15.4 Å². The van der Waals surface area contributed by atoms with Crippen molar-refractivity contribution < 1.29 is 14.7 Å². The number of likely N-dealkylation sites (tertiary alicyclic amines) is 1. The third kappa shape index (κ3) is 4.47. The normalized spacial score (nSPS) is 20.5. The molecule has 2 fully saturated rings. The van der Waals surface area contributed by atoms with Gasteiger partial charge >= 0.3 is 5.97 Å². The maximum absolute atomic E-state index is 13.1. The summed E-state index contributed by atoms with van der Waals surface area (Å²) < 4.78 is 1.77. The molecule has 8 nitrogen and oxygen atoms in total. The Morgan fingerprint density at radius 2 is 2.06 bits per heavy atom. The Morgan fingerprint density at radius 3 is 2.74 bits per heavy atom. The monoisotopic (exact) mass is 529 g/mol. The summed E-state index contributed by atoms with van der Waals surface area (Å²) in [6.45, 7) is 4.23. The number of hydrogen-bond acceptors (Lipinski definition) is 7. The molecule has 1 amide bonds. The van der Waals surface area contributed by atoms with Gasteiger partial charge in [-0.05, 0) is 50.3 Å². The van der Waals surface area contributed by atoms with Gasteiger partial charge in [-0.2, -0.15) is 0 Å². The van der Waals surface area contributed by atoms with Crippen molar-refractivity contribution in [2.45, 2.75) is 38.8 Å². The van der Waals surface area contributed by atoms with Crippen LogP contribution in [-0.4, -0.2) is 54.9 Å². The van der Waals surface area contributed by atoms with Gasteiger partial charge in [0.2, 0.25) is 0 Å². The number of carbonyl (C=O) groups excluding carboxylic acids is 1. The fourth-order valence-corrected chi connectivity index (χ4v) is 6.72. The minimum Gasteiger partial charge on any atom is -0.477 e. The Bertz CT molecular complexity index is 1430. The lowest BCUT2D eigenvalue weighted by Crippen LogP contribution is -2.42. The number of aromatic carboxylic acids is 1. The van der Waals surface area contributed by atoms with Crippen molar-refractivity contribution in [1.29, 1.82) is 0 Å². The molecule has 0 bridgehead atoms. The average Bonchev–Trinajstić information content (AvgIpc) is 3.21. The van der Waals surface area contributed by atoms with E-state index in [0.717, 1.165) is 38.9 Å². The van der Waals surface area contributed by atoms with Crippen LogP contribution in [0, 0.1) is 19.8 Å². The molecule has 1 aliphatic heterocycles. The summed E-state index contributed by atoms with van der Waals surface area (Å²) in [5.74, 6) is -0.227. The number of halogens is 1. The first-order valence-electron chi connectivity index (χ1n) is 11.2. The first-order chi connectivity index (χ1) is 16.8. The van der Waals surface area contributed by atoms with Crippen molar-refractivity contribution in [3.63, 3.8) is 0 Å². The molecule has 1 saturated heterocycles. The molecule has 11 heteroatoms. The number of aromatic nitrogens is 3. The molecule has 4 heterocycles.